The number of nitriles is 1. The molecule has 16 heavy (non-hydrogen) atoms. The summed E-state index contributed by atoms with van der Waals surface area (Å²) in [5.74, 6) is 0. The minimum atomic E-state index is 0.324. The zero-order chi connectivity index (χ0) is 11.5. The van der Waals surface area contributed by atoms with Crippen molar-refractivity contribution in [3.8, 4) is 6.07 Å². The summed E-state index contributed by atoms with van der Waals surface area (Å²) >= 11 is 0. The van der Waals surface area contributed by atoms with E-state index in [0.29, 0.717) is 23.7 Å². The third-order valence-corrected chi connectivity index (χ3v) is 3.20. The van der Waals surface area contributed by atoms with Crippen LogP contribution >= 0.6 is 0 Å². The van der Waals surface area contributed by atoms with E-state index in [2.05, 4.69) is 18.3 Å². The van der Waals surface area contributed by atoms with E-state index in [1.807, 2.05) is 24.3 Å². The second-order valence-electron chi connectivity index (χ2n) is 4.55. The van der Waals surface area contributed by atoms with Crippen LogP contribution in [0.3, 0.4) is 0 Å². The standard InChI is InChI=1S/C13H17N3/c1-9(16-13-6-12(15)7-13)11-4-2-10(8-14)3-5-11/h2-5,9,12-13,16H,6-7,15H2,1H3. The van der Waals surface area contributed by atoms with Crippen molar-refractivity contribution in [2.24, 2.45) is 5.73 Å². The first-order valence-corrected chi connectivity index (χ1v) is 5.70. The number of benzene rings is 1. The van der Waals surface area contributed by atoms with Gasteiger partial charge >= 0.3 is 0 Å². The minimum Gasteiger partial charge on any atom is -0.328 e. The molecule has 1 aromatic rings. The van der Waals surface area contributed by atoms with Gasteiger partial charge in [0, 0.05) is 18.1 Å². The van der Waals surface area contributed by atoms with Crippen LogP contribution in [-0.2, 0) is 0 Å². The van der Waals surface area contributed by atoms with Crippen molar-refractivity contribution >= 4 is 0 Å². The minimum absolute atomic E-state index is 0.324. The lowest BCUT2D eigenvalue weighted by molar-refractivity contribution is 0.272. The third kappa shape index (κ3) is 2.41. The molecule has 0 heterocycles. The lowest BCUT2D eigenvalue weighted by atomic mass is 9.87. The van der Waals surface area contributed by atoms with Crippen LogP contribution in [0.1, 0.15) is 36.9 Å². The molecule has 1 atom stereocenters. The molecule has 3 heteroatoms. The zero-order valence-corrected chi connectivity index (χ0v) is 9.48. The van der Waals surface area contributed by atoms with Crippen LogP contribution in [0.15, 0.2) is 24.3 Å². The van der Waals surface area contributed by atoms with Crippen LogP contribution in [0.25, 0.3) is 0 Å². The van der Waals surface area contributed by atoms with Crippen LogP contribution in [0.2, 0.25) is 0 Å². The molecule has 3 nitrogen and oxygen atoms in total. The molecule has 1 saturated carbocycles. The summed E-state index contributed by atoms with van der Waals surface area (Å²) in [6, 6.07) is 11.1. The Labute approximate surface area is 96.3 Å². The van der Waals surface area contributed by atoms with Crippen LogP contribution in [0, 0.1) is 11.3 Å². The lowest BCUT2D eigenvalue weighted by Crippen LogP contribution is -2.49. The highest BCUT2D eigenvalue weighted by molar-refractivity contribution is 5.32. The van der Waals surface area contributed by atoms with Gasteiger partial charge in [0.2, 0.25) is 0 Å². The number of nitrogens with one attached hydrogen (secondary N) is 1. The maximum atomic E-state index is 8.71. The number of nitrogens with two attached hydrogens (primary N) is 1. The Morgan fingerprint density at radius 1 is 1.38 bits per heavy atom. The first-order valence-electron chi connectivity index (χ1n) is 5.70. The zero-order valence-electron chi connectivity index (χ0n) is 9.48. The largest absolute Gasteiger partial charge is 0.328 e. The quantitative estimate of drug-likeness (QED) is 0.806. The fraction of sp³-hybridized carbons (Fsp3) is 0.462. The summed E-state index contributed by atoms with van der Waals surface area (Å²) in [6.07, 6.45) is 2.14. The Bertz CT molecular complexity index is 385. The van der Waals surface area contributed by atoms with E-state index in [1.165, 1.54) is 5.56 Å². The summed E-state index contributed by atoms with van der Waals surface area (Å²) in [5.41, 5.74) is 7.68. The summed E-state index contributed by atoms with van der Waals surface area (Å²) < 4.78 is 0. The first-order chi connectivity index (χ1) is 7.69. The predicted molar refractivity (Wildman–Crippen MR) is 63.7 cm³/mol. The molecule has 0 saturated heterocycles. The van der Waals surface area contributed by atoms with Crippen molar-refractivity contribution in [1.82, 2.24) is 5.32 Å². The monoisotopic (exact) mass is 215 g/mol. The molecule has 3 N–H and O–H groups in total. The van der Waals surface area contributed by atoms with Crippen LogP contribution in [0.5, 0.6) is 0 Å². The van der Waals surface area contributed by atoms with Crippen molar-refractivity contribution in [2.45, 2.75) is 37.9 Å². The van der Waals surface area contributed by atoms with Gasteiger partial charge in [-0.3, -0.25) is 0 Å². The van der Waals surface area contributed by atoms with Gasteiger partial charge in [0.05, 0.1) is 11.6 Å². The van der Waals surface area contributed by atoms with Gasteiger partial charge in [-0.15, -0.1) is 0 Å². The number of nitrogens with zero attached hydrogens (tertiary/aromatic N) is 1. The van der Waals surface area contributed by atoms with E-state index in [9.17, 15) is 0 Å². The average Bonchev–Trinajstić information content (AvgIpc) is 2.27. The summed E-state index contributed by atoms with van der Waals surface area (Å²) in [4.78, 5) is 0. The van der Waals surface area contributed by atoms with E-state index in [0.717, 1.165) is 12.8 Å². The molecular formula is C13H17N3. The lowest BCUT2D eigenvalue weighted by Gasteiger charge is -2.35. The molecule has 1 unspecified atom stereocenters. The van der Waals surface area contributed by atoms with E-state index in [1.54, 1.807) is 0 Å². The van der Waals surface area contributed by atoms with Gasteiger partial charge in [-0.05, 0) is 37.5 Å². The SMILES string of the molecule is CC(NC1CC(N)C1)c1ccc(C#N)cc1. The van der Waals surface area contributed by atoms with Gasteiger partial charge in [0.15, 0.2) is 0 Å². The number of hydrogen-bond donors (Lipinski definition) is 2. The Balaban J connectivity index is 1.93. The molecule has 0 aromatic heterocycles. The summed E-state index contributed by atoms with van der Waals surface area (Å²) in [6.45, 7) is 2.14. The second-order valence-corrected chi connectivity index (χ2v) is 4.55. The molecule has 1 aliphatic carbocycles. The average molecular weight is 215 g/mol. The summed E-state index contributed by atoms with van der Waals surface area (Å²) in [7, 11) is 0. The molecule has 1 aliphatic rings. The highest BCUT2D eigenvalue weighted by atomic mass is 15.0. The highest BCUT2D eigenvalue weighted by Gasteiger charge is 2.26. The maximum absolute atomic E-state index is 8.71. The van der Waals surface area contributed by atoms with Crippen LogP contribution < -0.4 is 11.1 Å². The van der Waals surface area contributed by atoms with Gasteiger partial charge in [-0.2, -0.15) is 5.26 Å². The van der Waals surface area contributed by atoms with Gasteiger partial charge in [0.25, 0.3) is 0 Å². The Morgan fingerprint density at radius 3 is 2.50 bits per heavy atom. The van der Waals surface area contributed by atoms with Crippen LogP contribution in [0.4, 0.5) is 0 Å². The van der Waals surface area contributed by atoms with Gasteiger partial charge in [-0.1, -0.05) is 12.1 Å². The maximum Gasteiger partial charge on any atom is 0.0991 e. The molecule has 1 fully saturated rings. The van der Waals surface area contributed by atoms with Crippen molar-refractivity contribution in [3.05, 3.63) is 35.4 Å². The van der Waals surface area contributed by atoms with Crippen molar-refractivity contribution in [3.63, 3.8) is 0 Å². The van der Waals surface area contributed by atoms with Gasteiger partial charge in [-0.25, -0.2) is 0 Å². The van der Waals surface area contributed by atoms with Crippen molar-refractivity contribution < 1.29 is 0 Å². The van der Waals surface area contributed by atoms with Crippen molar-refractivity contribution in [1.29, 1.82) is 5.26 Å². The third-order valence-electron chi connectivity index (χ3n) is 3.20. The molecule has 0 aliphatic heterocycles. The molecule has 2 rings (SSSR count). The van der Waals surface area contributed by atoms with Crippen LogP contribution in [-0.4, -0.2) is 12.1 Å². The number of rotatable bonds is 3. The summed E-state index contributed by atoms with van der Waals surface area (Å²) in [5, 5.41) is 12.2. The number of hydrogen-bond acceptors (Lipinski definition) is 3. The Hall–Kier alpha value is -1.37. The highest BCUT2D eigenvalue weighted by Crippen LogP contribution is 2.22. The second kappa shape index (κ2) is 4.65. The van der Waals surface area contributed by atoms with Gasteiger partial charge < -0.3 is 11.1 Å². The van der Waals surface area contributed by atoms with E-state index >= 15 is 0 Å². The van der Waals surface area contributed by atoms with Gasteiger partial charge in [0.1, 0.15) is 0 Å². The topological polar surface area (TPSA) is 61.8 Å². The molecule has 0 amide bonds. The molecule has 0 bridgehead atoms. The molecule has 0 radical (unpaired) electrons. The normalized spacial score (nSPS) is 25.6. The first kappa shape index (κ1) is 11.1. The predicted octanol–water partition coefficient (Wildman–Crippen LogP) is 1.70. The molecular weight excluding hydrogens is 198 g/mol. The smallest absolute Gasteiger partial charge is 0.0991 e. The van der Waals surface area contributed by atoms with E-state index in [-0.39, 0.29) is 0 Å². The Kier molecular flexibility index (Phi) is 3.23. The fourth-order valence-corrected chi connectivity index (χ4v) is 2.09. The van der Waals surface area contributed by atoms with E-state index in [4.69, 9.17) is 11.0 Å². The van der Waals surface area contributed by atoms with Crippen molar-refractivity contribution in [2.75, 3.05) is 0 Å². The molecule has 84 valence electrons. The molecule has 1 aromatic carbocycles. The fourth-order valence-electron chi connectivity index (χ4n) is 2.09. The molecule has 0 spiro atoms. The Morgan fingerprint density at radius 2 is 2.00 bits per heavy atom. The van der Waals surface area contributed by atoms with E-state index < -0.39 is 0 Å².